The molecule has 1 rings (SSSR count). The second-order valence-electron chi connectivity index (χ2n) is 4.14. The molecule has 0 bridgehead atoms. The van der Waals surface area contributed by atoms with Gasteiger partial charge in [0.2, 0.25) is 0 Å². The van der Waals surface area contributed by atoms with Crippen LogP contribution in [0.5, 0.6) is 0 Å². The molecule has 1 saturated heterocycles. The molecule has 0 amide bonds. The minimum Gasteiger partial charge on any atom is -0.481 e. The zero-order valence-electron chi connectivity index (χ0n) is 8.58. The lowest BCUT2D eigenvalue weighted by atomic mass is 9.96. The maximum atomic E-state index is 12.5. The molecule has 15 heavy (non-hydrogen) atoms. The van der Waals surface area contributed by atoms with Crippen molar-refractivity contribution < 1.29 is 23.1 Å². The second-order valence-corrected chi connectivity index (χ2v) is 4.14. The third kappa shape index (κ3) is 2.62. The molecule has 0 aromatic carbocycles. The Hall–Kier alpha value is -0.780. The Morgan fingerprint density at radius 1 is 1.40 bits per heavy atom. The molecule has 6 heteroatoms. The van der Waals surface area contributed by atoms with Gasteiger partial charge in [0.1, 0.15) is 0 Å². The summed E-state index contributed by atoms with van der Waals surface area (Å²) in [7, 11) is 0. The largest absolute Gasteiger partial charge is 0.481 e. The summed E-state index contributed by atoms with van der Waals surface area (Å²) in [6.07, 6.45) is -4.42. The molecule has 0 aliphatic carbocycles. The fraction of sp³-hybridized carbons (Fsp3) is 0.889. The van der Waals surface area contributed by atoms with Crippen LogP contribution >= 0.6 is 0 Å². The van der Waals surface area contributed by atoms with E-state index in [2.05, 4.69) is 0 Å². The van der Waals surface area contributed by atoms with Gasteiger partial charge >= 0.3 is 12.1 Å². The lowest BCUT2D eigenvalue weighted by Crippen LogP contribution is -2.34. The highest BCUT2D eigenvalue weighted by Gasteiger charge is 2.52. The van der Waals surface area contributed by atoms with Crippen molar-refractivity contribution in [1.29, 1.82) is 0 Å². The molecule has 0 radical (unpaired) electrons. The fourth-order valence-electron chi connectivity index (χ4n) is 1.84. The van der Waals surface area contributed by atoms with Crippen molar-refractivity contribution in [3.63, 3.8) is 0 Å². The molecule has 1 aliphatic heterocycles. The number of hydrogen-bond acceptors (Lipinski definition) is 2. The minimum atomic E-state index is -4.42. The predicted octanol–water partition coefficient (Wildman–Crippen LogP) is 1.59. The Kier molecular flexibility index (Phi) is 3.28. The number of alkyl halides is 3. The van der Waals surface area contributed by atoms with Crippen LogP contribution < -0.4 is 0 Å². The van der Waals surface area contributed by atoms with Crippen molar-refractivity contribution in [3.05, 3.63) is 0 Å². The summed E-state index contributed by atoms with van der Waals surface area (Å²) in [6, 6.07) is -0.0563. The minimum absolute atomic E-state index is 0.0167. The fourth-order valence-corrected chi connectivity index (χ4v) is 1.84. The number of carboxylic acids is 1. The maximum absolute atomic E-state index is 12.5. The smallest absolute Gasteiger partial charge is 0.393 e. The molecular weight excluding hydrogens is 211 g/mol. The van der Waals surface area contributed by atoms with E-state index in [9.17, 15) is 18.0 Å². The van der Waals surface area contributed by atoms with Crippen molar-refractivity contribution in [2.45, 2.75) is 26.1 Å². The summed E-state index contributed by atoms with van der Waals surface area (Å²) in [6.45, 7) is 3.30. The molecule has 0 unspecified atom stereocenters. The number of hydrogen-bond donors (Lipinski definition) is 1. The number of carboxylic acid groups (broad SMARTS) is 1. The van der Waals surface area contributed by atoms with E-state index in [4.69, 9.17) is 5.11 Å². The first kappa shape index (κ1) is 12.3. The van der Waals surface area contributed by atoms with Crippen LogP contribution in [0.1, 0.15) is 13.8 Å². The highest BCUT2D eigenvalue weighted by Crippen LogP contribution is 2.38. The van der Waals surface area contributed by atoms with Gasteiger partial charge in [0.05, 0.1) is 11.8 Å². The quantitative estimate of drug-likeness (QED) is 0.775. The Morgan fingerprint density at radius 3 is 2.20 bits per heavy atom. The molecule has 1 fully saturated rings. The molecule has 0 spiro atoms. The topological polar surface area (TPSA) is 40.5 Å². The summed E-state index contributed by atoms with van der Waals surface area (Å²) >= 11 is 0. The van der Waals surface area contributed by atoms with Gasteiger partial charge in [-0.2, -0.15) is 13.2 Å². The Morgan fingerprint density at radius 2 is 1.93 bits per heavy atom. The van der Waals surface area contributed by atoms with Crippen molar-refractivity contribution in [3.8, 4) is 0 Å². The number of aliphatic carboxylic acids is 1. The van der Waals surface area contributed by atoms with Crippen molar-refractivity contribution in [2.24, 2.45) is 11.8 Å². The molecule has 0 aromatic heterocycles. The van der Waals surface area contributed by atoms with Crippen LogP contribution in [0.3, 0.4) is 0 Å². The van der Waals surface area contributed by atoms with Gasteiger partial charge in [0.25, 0.3) is 0 Å². The van der Waals surface area contributed by atoms with E-state index in [1.807, 2.05) is 0 Å². The van der Waals surface area contributed by atoms with Crippen LogP contribution in [-0.2, 0) is 4.79 Å². The van der Waals surface area contributed by atoms with Crippen LogP contribution in [0, 0.1) is 11.8 Å². The monoisotopic (exact) mass is 225 g/mol. The molecule has 2 atom stereocenters. The van der Waals surface area contributed by atoms with E-state index < -0.39 is 24.0 Å². The van der Waals surface area contributed by atoms with Crippen LogP contribution in [0.2, 0.25) is 0 Å². The zero-order chi connectivity index (χ0) is 11.8. The van der Waals surface area contributed by atoms with Crippen molar-refractivity contribution in [2.75, 3.05) is 13.1 Å². The molecule has 88 valence electrons. The SMILES string of the molecule is CC(C)N1C[C@@H](C(F)(F)F)[C@H](C(=O)O)C1. The summed E-state index contributed by atoms with van der Waals surface area (Å²) in [5, 5.41) is 8.72. The number of carbonyl (C=O) groups is 1. The summed E-state index contributed by atoms with van der Waals surface area (Å²) in [5.74, 6) is -4.43. The maximum Gasteiger partial charge on any atom is 0.393 e. The lowest BCUT2D eigenvalue weighted by molar-refractivity contribution is -0.188. The number of rotatable bonds is 2. The highest BCUT2D eigenvalue weighted by atomic mass is 19.4. The van der Waals surface area contributed by atoms with Gasteiger partial charge in [-0.05, 0) is 13.8 Å². The summed E-state index contributed by atoms with van der Waals surface area (Å²) < 4.78 is 37.6. The highest BCUT2D eigenvalue weighted by molar-refractivity contribution is 5.71. The van der Waals surface area contributed by atoms with E-state index in [-0.39, 0.29) is 19.1 Å². The molecular formula is C9H14F3NO2. The van der Waals surface area contributed by atoms with E-state index >= 15 is 0 Å². The molecule has 1 aliphatic rings. The first-order valence-electron chi connectivity index (χ1n) is 4.77. The van der Waals surface area contributed by atoms with Crippen LogP contribution in [0.15, 0.2) is 0 Å². The van der Waals surface area contributed by atoms with Gasteiger partial charge < -0.3 is 5.11 Å². The Bertz CT molecular complexity index is 252. The average molecular weight is 225 g/mol. The average Bonchev–Trinajstić information content (AvgIpc) is 2.45. The second kappa shape index (κ2) is 4.00. The van der Waals surface area contributed by atoms with Gasteiger partial charge in [-0.25, -0.2) is 0 Å². The number of nitrogens with zero attached hydrogens (tertiary/aromatic N) is 1. The van der Waals surface area contributed by atoms with Gasteiger partial charge in [-0.15, -0.1) is 0 Å². The Labute approximate surface area is 85.9 Å². The summed E-state index contributed by atoms with van der Waals surface area (Å²) in [5.41, 5.74) is 0. The van der Waals surface area contributed by atoms with E-state index in [1.54, 1.807) is 18.7 Å². The number of halogens is 3. The van der Waals surface area contributed by atoms with Crippen LogP contribution in [0.25, 0.3) is 0 Å². The molecule has 0 saturated carbocycles. The van der Waals surface area contributed by atoms with Crippen LogP contribution in [0.4, 0.5) is 13.2 Å². The molecule has 3 nitrogen and oxygen atoms in total. The standard InChI is InChI=1S/C9H14F3NO2/c1-5(2)13-3-6(8(14)15)7(4-13)9(10,11)12/h5-7H,3-4H2,1-2H3,(H,14,15)/t6-,7-/m1/s1. The zero-order valence-corrected chi connectivity index (χ0v) is 8.58. The van der Waals surface area contributed by atoms with Gasteiger partial charge in [-0.1, -0.05) is 0 Å². The first-order valence-corrected chi connectivity index (χ1v) is 4.77. The van der Waals surface area contributed by atoms with E-state index in [0.717, 1.165) is 0 Å². The predicted molar refractivity (Wildman–Crippen MR) is 47.4 cm³/mol. The van der Waals surface area contributed by atoms with E-state index in [1.165, 1.54) is 0 Å². The molecule has 1 N–H and O–H groups in total. The van der Waals surface area contributed by atoms with Gasteiger partial charge in [-0.3, -0.25) is 9.69 Å². The van der Waals surface area contributed by atoms with Gasteiger partial charge in [0, 0.05) is 19.1 Å². The normalized spacial score (nSPS) is 28.7. The molecule has 1 heterocycles. The van der Waals surface area contributed by atoms with Crippen molar-refractivity contribution in [1.82, 2.24) is 4.90 Å². The molecule has 0 aromatic rings. The first-order chi connectivity index (χ1) is 6.73. The number of likely N-dealkylation sites (tertiary alicyclic amines) is 1. The third-order valence-electron chi connectivity index (χ3n) is 2.82. The summed E-state index contributed by atoms with van der Waals surface area (Å²) in [4.78, 5) is 12.3. The van der Waals surface area contributed by atoms with Crippen LogP contribution in [-0.4, -0.2) is 41.3 Å². The van der Waals surface area contributed by atoms with Gasteiger partial charge in [0.15, 0.2) is 0 Å². The van der Waals surface area contributed by atoms with Crippen molar-refractivity contribution >= 4 is 5.97 Å². The Balaban J connectivity index is 2.82. The van der Waals surface area contributed by atoms with E-state index in [0.29, 0.717) is 0 Å². The third-order valence-corrected chi connectivity index (χ3v) is 2.82. The lowest BCUT2D eigenvalue weighted by Gasteiger charge is -2.20.